The van der Waals surface area contributed by atoms with Gasteiger partial charge in [-0.15, -0.1) is 11.3 Å². The quantitative estimate of drug-likeness (QED) is 0.796. The molecule has 1 aliphatic rings. The Morgan fingerprint density at radius 1 is 1.19 bits per heavy atom. The fraction of sp³-hybridized carbons (Fsp3) is 0.450. The van der Waals surface area contributed by atoms with Crippen LogP contribution in [0.3, 0.4) is 0 Å². The molecule has 0 N–H and O–H groups in total. The van der Waals surface area contributed by atoms with Crippen LogP contribution in [0.5, 0.6) is 0 Å². The first-order valence-corrected chi connectivity index (χ1v) is 11.6. The number of hydrogen-bond donors (Lipinski definition) is 0. The van der Waals surface area contributed by atoms with Gasteiger partial charge in [0.1, 0.15) is 0 Å². The second-order valence-corrected chi connectivity index (χ2v) is 10.4. The van der Waals surface area contributed by atoms with Crippen LogP contribution in [0.1, 0.15) is 47.4 Å². The van der Waals surface area contributed by atoms with Gasteiger partial charge in [-0.3, -0.25) is 4.79 Å². The zero-order valence-electron chi connectivity index (χ0n) is 15.2. The molecule has 1 fully saturated rings. The maximum Gasteiger partial charge on any atom is 0.227 e. The molecule has 0 saturated carbocycles. The van der Waals surface area contributed by atoms with E-state index in [4.69, 9.17) is 0 Å². The highest BCUT2D eigenvalue weighted by molar-refractivity contribution is 7.91. The Hall–Kier alpha value is -1.66. The number of nitrogens with zero attached hydrogens (tertiary/aromatic N) is 1. The van der Waals surface area contributed by atoms with Crippen LogP contribution in [-0.2, 0) is 21.1 Å². The van der Waals surface area contributed by atoms with E-state index in [9.17, 15) is 13.2 Å². The van der Waals surface area contributed by atoms with E-state index in [0.29, 0.717) is 25.3 Å². The van der Waals surface area contributed by atoms with Gasteiger partial charge in [-0.2, -0.15) is 0 Å². The van der Waals surface area contributed by atoms with Crippen molar-refractivity contribution in [3.63, 3.8) is 0 Å². The standard InChI is InChI=1S/C20H25NO3S2/c1-15(2)17-7-5-16(6-8-17)14-20(22)21-10-9-19(18-4-3-12-25-18)26(23,24)13-11-21/h3-8,12,15,19H,9-11,13-14H2,1-2H3. The van der Waals surface area contributed by atoms with Crippen LogP contribution in [0.15, 0.2) is 41.8 Å². The summed E-state index contributed by atoms with van der Waals surface area (Å²) >= 11 is 1.47. The minimum atomic E-state index is -3.22. The largest absolute Gasteiger partial charge is 0.341 e. The van der Waals surface area contributed by atoms with Crippen LogP contribution in [-0.4, -0.2) is 38.1 Å². The Bertz CT molecular complexity index is 840. The smallest absolute Gasteiger partial charge is 0.227 e. The lowest BCUT2D eigenvalue weighted by molar-refractivity contribution is -0.130. The minimum absolute atomic E-state index is 0.00401. The van der Waals surface area contributed by atoms with Gasteiger partial charge in [-0.05, 0) is 34.9 Å². The minimum Gasteiger partial charge on any atom is -0.341 e. The summed E-state index contributed by atoms with van der Waals surface area (Å²) in [6.07, 6.45) is 0.795. The highest BCUT2D eigenvalue weighted by Gasteiger charge is 2.33. The van der Waals surface area contributed by atoms with E-state index in [-0.39, 0.29) is 18.2 Å². The SMILES string of the molecule is CC(C)c1ccc(CC(=O)N2CCC(c3cccs3)S(=O)(=O)CC2)cc1. The third-order valence-corrected chi connectivity index (χ3v) is 8.20. The monoisotopic (exact) mass is 391 g/mol. The number of hydrogen-bond acceptors (Lipinski definition) is 4. The highest BCUT2D eigenvalue weighted by atomic mass is 32.2. The molecular weight excluding hydrogens is 366 g/mol. The number of benzene rings is 1. The van der Waals surface area contributed by atoms with Crippen LogP contribution in [0, 0.1) is 0 Å². The Kier molecular flexibility index (Phi) is 5.82. The average molecular weight is 392 g/mol. The molecule has 2 aromatic rings. The molecule has 1 aromatic heterocycles. The Morgan fingerprint density at radius 3 is 2.54 bits per heavy atom. The van der Waals surface area contributed by atoms with Gasteiger partial charge in [-0.1, -0.05) is 44.2 Å². The summed E-state index contributed by atoms with van der Waals surface area (Å²) in [6.45, 7) is 5.06. The topological polar surface area (TPSA) is 54.5 Å². The van der Waals surface area contributed by atoms with Gasteiger partial charge in [-0.25, -0.2) is 8.42 Å². The van der Waals surface area contributed by atoms with Crippen molar-refractivity contribution >= 4 is 27.1 Å². The fourth-order valence-corrected chi connectivity index (χ4v) is 6.30. The molecule has 1 unspecified atom stereocenters. The second-order valence-electron chi connectivity index (χ2n) is 7.11. The summed E-state index contributed by atoms with van der Waals surface area (Å²) in [6, 6.07) is 11.9. The molecule has 0 bridgehead atoms. The van der Waals surface area contributed by atoms with Crippen LogP contribution in [0.4, 0.5) is 0 Å². The lowest BCUT2D eigenvalue weighted by Crippen LogP contribution is -2.34. The molecule has 1 aromatic carbocycles. The van der Waals surface area contributed by atoms with Crippen molar-refractivity contribution in [3.8, 4) is 0 Å². The Morgan fingerprint density at radius 2 is 1.92 bits per heavy atom. The number of thiophene rings is 1. The fourth-order valence-electron chi connectivity index (χ4n) is 3.29. The molecule has 1 atom stereocenters. The van der Waals surface area contributed by atoms with Crippen LogP contribution < -0.4 is 0 Å². The van der Waals surface area contributed by atoms with Crippen molar-refractivity contribution in [2.24, 2.45) is 0 Å². The van der Waals surface area contributed by atoms with Gasteiger partial charge in [0.15, 0.2) is 9.84 Å². The third kappa shape index (κ3) is 4.35. The van der Waals surface area contributed by atoms with E-state index in [1.165, 1.54) is 16.9 Å². The molecule has 1 amide bonds. The third-order valence-electron chi connectivity index (χ3n) is 4.96. The van der Waals surface area contributed by atoms with Crippen molar-refractivity contribution in [1.82, 2.24) is 4.90 Å². The summed E-state index contributed by atoms with van der Waals surface area (Å²) in [5, 5.41) is 1.42. The predicted molar refractivity (Wildman–Crippen MR) is 106 cm³/mol. The number of amides is 1. The number of sulfone groups is 1. The van der Waals surface area contributed by atoms with E-state index in [2.05, 4.69) is 26.0 Å². The number of carbonyl (C=O) groups excluding carboxylic acids is 1. The Balaban J connectivity index is 1.67. The second kappa shape index (κ2) is 7.92. The zero-order chi connectivity index (χ0) is 18.7. The number of carbonyl (C=O) groups is 1. The van der Waals surface area contributed by atoms with E-state index in [1.54, 1.807) is 4.90 Å². The van der Waals surface area contributed by atoms with Gasteiger partial charge >= 0.3 is 0 Å². The normalized spacial score (nSPS) is 20.1. The lowest BCUT2D eigenvalue weighted by atomic mass is 10.0. The molecule has 0 aliphatic carbocycles. The molecule has 1 saturated heterocycles. The zero-order valence-corrected chi connectivity index (χ0v) is 16.9. The van der Waals surface area contributed by atoms with Crippen molar-refractivity contribution in [2.45, 2.75) is 37.9 Å². The van der Waals surface area contributed by atoms with Crippen LogP contribution >= 0.6 is 11.3 Å². The van der Waals surface area contributed by atoms with Gasteiger partial charge in [0.25, 0.3) is 0 Å². The van der Waals surface area contributed by atoms with Crippen LogP contribution in [0.25, 0.3) is 0 Å². The molecule has 26 heavy (non-hydrogen) atoms. The van der Waals surface area contributed by atoms with Crippen molar-refractivity contribution in [1.29, 1.82) is 0 Å². The van der Waals surface area contributed by atoms with E-state index in [1.807, 2.05) is 29.6 Å². The molecule has 0 spiro atoms. The van der Waals surface area contributed by atoms with Crippen molar-refractivity contribution in [2.75, 3.05) is 18.8 Å². The van der Waals surface area contributed by atoms with Crippen molar-refractivity contribution < 1.29 is 13.2 Å². The highest BCUT2D eigenvalue weighted by Crippen LogP contribution is 2.32. The predicted octanol–water partition coefficient (Wildman–Crippen LogP) is 3.80. The first-order chi connectivity index (χ1) is 12.4. The van der Waals surface area contributed by atoms with E-state index in [0.717, 1.165) is 10.4 Å². The van der Waals surface area contributed by atoms with Gasteiger partial charge in [0.05, 0.1) is 17.4 Å². The maximum atomic E-state index is 12.7. The molecule has 0 radical (unpaired) electrons. The molecular formula is C20H25NO3S2. The van der Waals surface area contributed by atoms with Crippen LogP contribution in [0.2, 0.25) is 0 Å². The van der Waals surface area contributed by atoms with Crippen molar-refractivity contribution in [3.05, 3.63) is 57.8 Å². The molecule has 140 valence electrons. The molecule has 1 aliphatic heterocycles. The summed E-state index contributed by atoms with van der Waals surface area (Å²) in [7, 11) is -3.22. The molecule has 6 heteroatoms. The van der Waals surface area contributed by atoms with Gasteiger partial charge < -0.3 is 4.90 Å². The Labute approximate surface area is 159 Å². The summed E-state index contributed by atoms with van der Waals surface area (Å²) in [4.78, 5) is 15.3. The summed E-state index contributed by atoms with van der Waals surface area (Å²) in [5.74, 6) is 0.502. The van der Waals surface area contributed by atoms with Gasteiger partial charge in [0.2, 0.25) is 5.91 Å². The molecule has 3 rings (SSSR count). The maximum absolute atomic E-state index is 12.7. The van der Waals surface area contributed by atoms with E-state index >= 15 is 0 Å². The average Bonchev–Trinajstić information content (AvgIpc) is 3.06. The molecule has 2 heterocycles. The summed E-state index contributed by atoms with van der Waals surface area (Å²) < 4.78 is 25.2. The molecule has 4 nitrogen and oxygen atoms in total. The first kappa shape index (κ1) is 19.1. The van der Waals surface area contributed by atoms with Gasteiger partial charge in [0, 0.05) is 18.0 Å². The first-order valence-electron chi connectivity index (χ1n) is 8.98. The number of rotatable bonds is 4. The van der Waals surface area contributed by atoms with E-state index < -0.39 is 15.1 Å². The summed E-state index contributed by atoms with van der Waals surface area (Å²) in [5.41, 5.74) is 2.22. The lowest BCUT2D eigenvalue weighted by Gasteiger charge is -2.20.